The summed E-state index contributed by atoms with van der Waals surface area (Å²) in [5.74, 6) is -0.703. The van der Waals surface area contributed by atoms with Gasteiger partial charge in [-0.15, -0.1) is 0 Å². The van der Waals surface area contributed by atoms with Crippen LogP contribution in [0.5, 0.6) is 5.75 Å². The number of nitro groups is 1. The second kappa shape index (κ2) is 9.08. The second-order valence-electron chi connectivity index (χ2n) is 6.83. The van der Waals surface area contributed by atoms with Crippen molar-refractivity contribution in [2.24, 2.45) is 0 Å². The molecule has 10 nitrogen and oxygen atoms in total. The lowest BCUT2D eigenvalue weighted by Gasteiger charge is -2.17. The van der Waals surface area contributed by atoms with Gasteiger partial charge in [-0.05, 0) is 50.1 Å². The van der Waals surface area contributed by atoms with Crippen molar-refractivity contribution in [3.05, 3.63) is 81.9 Å². The summed E-state index contributed by atoms with van der Waals surface area (Å²) in [4.78, 5) is 39.4. The number of aryl methyl sites for hydroxylation is 1. The van der Waals surface area contributed by atoms with E-state index in [1.165, 1.54) is 29.2 Å². The van der Waals surface area contributed by atoms with E-state index in [0.29, 0.717) is 5.75 Å². The minimum absolute atomic E-state index is 0.0129. The Morgan fingerprint density at radius 3 is 2.65 bits per heavy atom. The van der Waals surface area contributed by atoms with Gasteiger partial charge in [0, 0.05) is 24.0 Å². The van der Waals surface area contributed by atoms with Gasteiger partial charge in [0.05, 0.1) is 11.3 Å². The summed E-state index contributed by atoms with van der Waals surface area (Å²) >= 11 is 0. The number of aromatic nitrogens is 2. The summed E-state index contributed by atoms with van der Waals surface area (Å²) in [6.45, 7) is 5.37. The van der Waals surface area contributed by atoms with Gasteiger partial charge >= 0.3 is 0 Å². The smallest absolute Gasteiger partial charge is 0.294 e. The van der Waals surface area contributed by atoms with E-state index in [0.717, 1.165) is 17.2 Å². The van der Waals surface area contributed by atoms with Gasteiger partial charge < -0.3 is 9.30 Å². The summed E-state index contributed by atoms with van der Waals surface area (Å²) in [5.41, 5.74) is 6.47. The van der Waals surface area contributed by atoms with Gasteiger partial charge in [0.1, 0.15) is 11.4 Å². The molecule has 10 heteroatoms. The number of imidazole rings is 1. The molecule has 0 bridgehead atoms. The van der Waals surface area contributed by atoms with Crippen molar-refractivity contribution in [1.29, 1.82) is 0 Å². The van der Waals surface area contributed by atoms with Crippen LogP contribution in [0.1, 0.15) is 28.4 Å². The van der Waals surface area contributed by atoms with Gasteiger partial charge in [-0.1, -0.05) is 12.1 Å². The molecule has 160 valence electrons. The molecule has 0 aliphatic rings. The van der Waals surface area contributed by atoms with Crippen LogP contribution in [-0.4, -0.2) is 32.4 Å². The minimum atomic E-state index is -0.876. The van der Waals surface area contributed by atoms with Crippen LogP contribution in [0.25, 0.3) is 5.69 Å². The van der Waals surface area contributed by atoms with Gasteiger partial charge in [-0.3, -0.25) is 30.6 Å². The molecule has 2 N–H and O–H groups in total. The highest BCUT2D eigenvalue weighted by molar-refractivity contribution is 5.96. The number of carbonyl (C=O) groups excluding carboxylic acids is 2. The number of amides is 2. The van der Waals surface area contributed by atoms with Crippen molar-refractivity contribution in [1.82, 2.24) is 20.4 Å². The molecule has 3 aromatic rings. The van der Waals surface area contributed by atoms with Crippen molar-refractivity contribution >= 4 is 17.5 Å². The quantitative estimate of drug-likeness (QED) is 0.463. The first-order chi connectivity index (χ1) is 14.8. The van der Waals surface area contributed by atoms with Crippen molar-refractivity contribution in [3.8, 4) is 11.4 Å². The first-order valence-corrected chi connectivity index (χ1v) is 9.37. The van der Waals surface area contributed by atoms with E-state index in [4.69, 9.17) is 4.74 Å². The Hall–Kier alpha value is -4.21. The van der Waals surface area contributed by atoms with Gasteiger partial charge in [-0.25, -0.2) is 4.98 Å². The number of nitrogens with zero attached hydrogens (tertiary/aromatic N) is 3. The van der Waals surface area contributed by atoms with E-state index in [9.17, 15) is 19.7 Å². The highest BCUT2D eigenvalue weighted by atomic mass is 16.6. The molecule has 1 heterocycles. The van der Waals surface area contributed by atoms with E-state index >= 15 is 0 Å². The molecule has 1 atom stereocenters. The zero-order valence-corrected chi connectivity index (χ0v) is 17.2. The van der Waals surface area contributed by atoms with Crippen molar-refractivity contribution in [2.75, 3.05) is 0 Å². The molecule has 0 saturated heterocycles. The fourth-order valence-electron chi connectivity index (χ4n) is 2.82. The lowest BCUT2D eigenvalue weighted by Crippen LogP contribution is -2.47. The number of rotatable bonds is 6. The second-order valence-corrected chi connectivity index (χ2v) is 6.83. The average Bonchev–Trinajstić information content (AvgIpc) is 3.29. The Morgan fingerprint density at radius 1 is 1.19 bits per heavy atom. The lowest BCUT2D eigenvalue weighted by atomic mass is 10.1. The molecule has 0 spiro atoms. The molecule has 0 saturated carbocycles. The number of ether oxygens (including phenoxy) is 1. The van der Waals surface area contributed by atoms with Crippen molar-refractivity contribution < 1.29 is 19.2 Å². The maximum atomic E-state index is 12.4. The highest BCUT2D eigenvalue weighted by Crippen LogP contribution is 2.24. The SMILES string of the molecule is Cc1cccc(OC(C)C(=O)NNC(=O)c2ccc(-n3ccnc3)c([N+](=O)[O-])c2)c1C. The molecule has 1 aromatic heterocycles. The van der Waals surface area contributed by atoms with Crippen LogP contribution < -0.4 is 15.6 Å². The Balaban J connectivity index is 1.66. The Kier molecular flexibility index (Phi) is 6.29. The molecule has 1 unspecified atom stereocenters. The number of hydrogen-bond acceptors (Lipinski definition) is 6. The third kappa shape index (κ3) is 4.86. The monoisotopic (exact) mass is 423 g/mol. The topological polar surface area (TPSA) is 128 Å². The lowest BCUT2D eigenvalue weighted by molar-refractivity contribution is -0.384. The number of nitrogens with one attached hydrogen (secondary N) is 2. The Morgan fingerprint density at radius 2 is 1.97 bits per heavy atom. The molecule has 0 aliphatic carbocycles. The molecule has 2 aromatic carbocycles. The molecule has 31 heavy (non-hydrogen) atoms. The van der Waals surface area contributed by atoms with E-state index in [-0.39, 0.29) is 16.9 Å². The van der Waals surface area contributed by atoms with Crippen molar-refractivity contribution in [2.45, 2.75) is 26.9 Å². The van der Waals surface area contributed by atoms with E-state index < -0.39 is 22.8 Å². The molecule has 0 radical (unpaired) electrons. The number of hydrogen-bond donors (Lipinski definition) is 2. The highest BCUT2D eigenvalue weighted by Gasteiger charge is 2.20. The van der Waals surface area contributed by atoms with Crippen molar-refractivity contribution in [3.63, 3.8) is 0 Å². The average molecular weight is 423 g/mol. The van der Waals surface area contributed by atoms with Gasteiger partial charge in [0.2, 0.25) is 0 Å². The molecule has 3 rings (SSSR count). The zero-order valence-electron chi connectivity index (χ0n) is 17.2. The molecule has 2 amide bonds. The third-order valence-corrected chi connectivity index (χ3v) is 4.74. The van der Waals surface area contributed by atoms with Crippen LogP contribution in [0.2, 0.25) is 0 Å². The number of benzene rings is 2. The summed E-state index contributed by atoms with van der Waals surface area (Å²) in [5, 5.41) is 11.4. The summed E-state index contributed by atoms with van der Waals surface area (Å²) in [7, 11) is 0. The van der Waals surface area contributed by atoms with Crippen LogP contribution in [0, 0.1) is 24.0 Å². The first kappa shape index (κ1) is 21.5. The van der Waals surface area contributed by atoms with Gasteiger partial charge in [0.25, 0.3) is 17.5 Å². The van der Waals surface area contributed by atoms with Crippen LogP contribution in [-0.2, 0) is 4.79 Å². The maximum absolute atomic E-state index is 12.4. The minimum Gasteiger partial charge on any atom is -0.481 e. The predicted molar refractivity (Wildman–Crippen MR) is 112 cm³/mol. The number of hydrazine groups is 1. The number of nitro benzene ring substituents is 1. The van der Waals surface area contributed by atoms with E-state index in [2.05, 4.69) is 15.8 Å². The molecule has 0 fully saturated rings. The normalized spacial score (nSPS) is 11.5. The molecular weight excluding hydrogens is 402 g/mol. The maximum Gasteiger partial charge on any atom is 0.294 e. The van der Waals surface area contributed by atoms with Crippen LogP contribution in [0.3, 0.4) is 0 Å². The largest absolute Gasteiger partial charge is 0.481 e. The van der Waals surface area contributed by atoms with Crippen LogP contribution in [0.15, 0.2) is 55.1 Å². The first-order valence-electron chi connectivity index (χ1n) is 9.37. The third-order valence-electron chi connectivity index (χ3n) is 4.74. The summed E-state index contributed by atoms with van der Waals surface area (Å²) < 4.78 is 7.14. The van der Waals surface area contributed by atoms with E-state index in [1.54, 1.807) is 19.2 Å². The van der Waals surface area contributed by atoms with Gasteiger partial charge in [-0.2, -0.15) is 0 Å². The Bertz CT molecular complexity index is 1130. The molecule has 0 aliphatic heterocycles. The summed E-state index contributed by atoms with van der Waals surface area (Å²) in [6.07, 6.45) is 3.58. The number of carbonyl (C=O) groups is 2. The predicted octanol–water partition coefficient (Wildman–Crippen LogP) is 2.63. The standard InChI is InChI=1S/C21H21N5O5/c1-13-5-4-6-19(14(13)2)31-15(3)20(27)23-24-21(28)16-7-8-17(18(11-16)26(29)30)25-10-9-22-12-25/h4-12,15H,1-3H3,(H,23,27)(H,24,28). The van der Waals surface area contributed by atoms with E-state index in [1.807, 2.05) is 26.0 Å². The fourth-order valence-corrected chi connectivity index (χ4v) is 2.82. The van der Waals surface area contributed by atoms with Gasteiger partial charge in [0.15, 0.2) is 6.10 Å². The fraction of sp³-hybridized carbons (Fsp3) is 0.190. The Labute approximate surface area is 178 Å². The van der Waals surface area contributed by atoms with Crippen LogP contribution in [0.4, 0.5) is 5.69 Å². The molecular formula is C21H21N5O5. The zero-order chi connectivity index (χ0) is 22.5. The summed E-state index contributed by atoms with van der Waals surface area (Å²) in [6, 6.07) is 9.50. The van der Waals surface area contributed by atoms with Crippen LogP contribution >= 0.6 is 0 Å².